The maximum absolute atomic E-state index is 8.88. The van der Waals surface area contributed by atoms with Crippen molar-refractivity contribution >= 4 is 5.69 Å². The molecule has 0 amide bonds. The van der Waals surface area contributed by atoms with Gasteiger partial charge in [-0.1, -0.05) is 36.4 Å². The molecule has 0 atom stereocenters. The van der Waals surface area contributed by atoms with Crippen LogP contribution in [0.15, 0.2) is 48.5 Å². The van der Waals surface area contributed by atoms with Gasteiger partial charge in [-0.05, 0) is 41.7 Å². The number of hydrogen-bond acceptors (Lipinski definition) is 3. The fraction of sp³-hybridized carbons (Fsp3) is 0.333. The standard InChI is InChI=1S/C18H23NO2/c1-21-14-17-9-7-16(8-10-17)13-19-18-6-2-4-15(12-18)5-3-11-20/h2,4,6-10,12,19-20H,3,5,11,13-14H2,1H3. The highest BCUT2D eigenvalue weighted by atomic mass is 16.5. The molecule has 0 spiro atoms. The maximum Gasteiger partial charge on any atom is 0.0713 e. The largest absolute Gasteiger partial charge is 0.396 e. The molecule has 2 aromatic rings. The minimum absolute atomic E-state index is 0.242. The molecule has 21 heavy (non-hydrogen) atoms. The number of ether oxygens (including phenoxy) is 1. The Bertz CT molecular complexity index is 537. The van der Waals surface area contributed by atoms with E-state index in [4.69, 9.17) is 9.84 Å². The van der Waals surface area contributed by atoms with E-state index in [1.807, 2.05) is 0 Å². The van der Waals surface area contributed by atoms with Gasteiger partial charge in [-0.3, -0.25) is 0 Å². The lowest BCUT2D eigenvalue weighted by Crippen LogP contribution is -2.00. The van der Waals surface area contributed by atoms with Gasteiger partial charge in [-0.25, -0.2) is 0 Å². The lowest BCUT2D eigenvalue weighted by atomic mass is 10.1. The minimum atomic E-state index is 0.242. The van der Waals surface area contributed by atoms with Gasteiger partial charge in [0.25, 0.3) is 0 Å². The lowest BCUT2D eigenvalue weighted by molar-refractivity contribution is 0.185. The van der Waals surface area contributed by atoms with Crippen LogP contribution < -0.4 is 5.32 Å². The quantitative estimate of drug-likeness (QED) is 0.781. The molecule has 2 rings (SSSR count). The molecule has 0 aliphatic carbocycles. The second-order valence-electron chi connectivity index (χ2n) is 5.13. The van der Waals surface area contributed by atoms with E-state index in [1.54, 1.807) is 7.11 Å². The van der Waals surface area contributed by atoms with Crippen molar-refractivity contribution in [2.24, 2.45) is 0 Å². The van der Waals surface area contributed by atoms with E-state index in [-0.39, 0.29) is 6.61 Å². The van der Waals surface area contributed by atoms with Crippen LogP contribution in [0, 0.1) is 0 Å². The Kier molecular flexibility index (Phi) is 6.25. The van der Waals surface area contributed by atoms with Crippen LogP contribution in [0.25, 0.3) is 0 Å². The van der Waals surface area contributed by atoms with Gasteiger partial charge >= 0.3 is 0 Å². The molecule has 112 valence electrons. The predicted octanol–water partition coefficient (Wildman–Crippen LogP) is 3.37. The summed E-state index contributed by atoms with van der Waals surface area (Å²) in [6.07, 6.45) is 1.72. The number of benzene rings is 2. The van der Waals surface area contributed by atoms with E-state index in [9.17, 15) is 0 Å². The van der Waals surface area contributed by atoms with Crippen molar-refractivity contribution in [3.8, 4) is 0 Å². The smallest absolute Gasteiger partial charge is 0.0713 e. The number of aliphatic hydroxyl groups is 1. The third-order valence-electron chi connectivity index (χ3n) is 3.38. The molecule has 0 radical (unpaired) electrons. The highest BCUT2D eigenvalue weighted by Crippen LogP contribution is 2.14. The Hall–Kier alpha value is -1.84. The summed E-state index contributed by atoms with van der Waals surface area (Å²) < 4.78 is 5.11. The number of methoxy groups -OCH3 is 1. The van der Waals surface area contributed by atoms with Crippen LogP contribution >= 0.6 is 0 Å². The number of rotatable bonds is 8. The van der Waals surface area contributed by atoms with E-state index in [2.05, 4.69) is 53.8 Å². The zero-order chi connectivity index (χ0) is 14.9. The molecule has 0 saturated heterocycles. The summed E-state index contributed by atoms with van der Waals surface area (Å²) in [7, 11) is 1.71. The summed E-state index contributed by atoms with van der Waals surface area (Å²) in [5.41, 5.74) is 4.80. The molecule has 2 aromatic carbocycles. The molecular formula is C18H23NO2. The Morgan fingerprint density at radius 1 is 1.00 bits per heavy atom. The normalized spacial score (nSPS) is 10.6. The Morgan fingerprint density at radius 3 is 2.48 bits per heavy atom. The van der Waals surface area contributed by atoms with E-state index in [0.717, 1.165) is 25.1 Å². The SMILES string of the molecule is COCc1ccc(CNc2cccc(CCCO)c2)cc1. The van der Waals surface area contributed by atoms with Crippen molar-refractivity contribution in [2.45, 2.75) is 26.0 Å². The molecule has 0 aromatic heterocycles. The van der Waals surface area contributed by atoms with Gasteiger partial charge in [-0.15, -0.1) is 0 Å². The third kappa shape index (κ3) is 5.21. The molecule has 0 fully saturated rings. The Balaban J connectivity index is 1.90. The van der Waals surface area contributed by atoms with Crippen molar-refractivity contribution in [3.05, 3.63) is 65.2 Å². The zero-order valence-electron chi connectivity index (χ0n) is 12.5. The van der Waals surface area contributed by atoms with Gasteiger partial charge in [0.15, 0.2) is 0 Å². The van der Waals surface area contributed by atoms with Crippen molar-refractivity contribution in [1.29, 1.82) is 0 Å². The van der Waals surface area contributed by atoms with Crippen molar-refractivity contribution in [3.63, 3.8) is 0 Å². The summed E-state index contributed by atoms with van der Waals surface area (Å²) in [5, 5.41) is 12.3. The van der Waals surface area contributed by atoms with Crippen molar-refractivity contribution in [2.75, 3.05) is 19.0 Å². The molecule has 0 bridgehead atoms. The second-order valence-corrected chi connectivity index (χ2v) is 5.13. The lowest BCUT2D eigenvalue weighted by Gasteiger charge is -2.09. The highest BCUT2D eigenvalue weighted by molar-refractivity contribution is 5.46. The molecule has 3 heteroatoms. The third-order valence-corrected chi connectivity index (χ3v) is 3.38. The van der Waals surface area contributed by atoms with Crippen LogP contribution in [0.4, 0.5) is 5.69 Å². The first-order chi connectivity index (χ1) is 10.3. The molecule has 0 saturated carbocycles. The number of aliphatic hydroxyl groups excluding tert-OH is 1. The Labute approximate surface area is 126 Å². The van der Waals surface area contributed by atoms with Crippen molar-refractivity contribution < 1.29 is 9.84 Å². The fourth-order valence-corrected chi connectivity index (χ4v) is 2.24. The highest BCUT2D eigenvalue weighted by Gasteiger charge is 1.98. The first-order valence-corrected chi connectivity index (χ1v) is 7.32. The van der Waals surface area contributed by atoms with E-state index < -0.39 is 0 Å². The second kappa shape index (κ2) is 8.45. The maximum atomic E-state index is 8.88. The summed E-state index contributed by atoms with van der Waals surface area (Å²) in [4.78, 5) is 0. The van der Waals surface area contributed by atoms with Gasteiger partial charge < -0.3 is 15.2 Å². The van der Waals surface area contributed by atoms with Gasteiger partial charge in [0.05, 0.1) is 6.61 Å². The summed E-state index contributed by atoms with van der Waals surface area (Å²) in [5.74, 6) is 0. The van der Waals surface area contributed by atoms with E-state index >= 15 is 0 Å². The minimum Gasteiger partial charge on any atom is -0.396 e. The van der Waals surface area contributed by atoms with E-state index in [0.29, 0.717) is 6.61 Å². The molecule has 0 aliphatic rings. The number of hydrogen-bond donors (Lipinski definition) is 2. The molecule has 2 N–H and O–H groups in total. The molecule has 3 nitrogen and oxygen atoms in total. The summed E-state index contributed by atoms with van der Waals surface area (Å²) in [6.45, 7) is 1.70. The zero-order valence-corrected chi connectivity index (χ0v) is 12.5. The molecular weight excluding hydrogens is 262 g/mol. The fourth-order valence-electron chi connectivity index (χ4n) is 2.24. The average Bonchev–Trinajstić information content (AvgIpc) is 2.53. The van der Waals surface area contributed by atoms with Crippen LogP contribution in [0.1, 0.15) is 23.1 Å². The number of anilines is 1. The number of aryl methyl sites for hydroxylation is 1. The first kappa shape index (κ1) is 15.5. The summed E-state index contributed by atoms with van der Waals surface area (Å²) >= 11 is 0. The monoisotopic (exact) mass is 285 g/mol. The topological polar surface area (TPSA) is 41.5 Å². The average molecular weight is 285 g/mol. The molecule has 0 aliphatic heterocycles. The van der Waals surface area contributed by atoms with Crippen LogP contribution in [0.2, 0.25) is 0 Å². The van der Waals surface area contributed by atoms with Crippen LogP contribution in [-0.4, -0.2) is 18.8 Å². The van der Waals surface area contributed by atoms with Crippen LogP contribution in [0.5, 0.6) is 0 Å². The van der Waals surface area contributed by atoms with Gasteiger partial charge in [0, 0.05) is 25.9 Å². The Morgan fingerprint density at radius 2 is 1.76 bits per heavy atom. The number of nitrogens with one attached hydrogen (secondary N) is 1. The van der Waals surface area contributed by atoms with Crippen LogP contribution in [0.3, 0.4) is 0 Å². The van der Waals surface area contributed by atoms with Gasteiger partial charge in [0.2, 0.25) is 0 Å². The predicted molar refractivity (Wildman–Crippen MR) is 86.3 cm³/mol. The first-order valence-electron chi connectivity index (χ1n) is 7.32. The molecule has 0 heterocycles. The molecule has 0 unspecified atom stereocenters. The van der Waals surface area contributed by atoms with Gasteiger partial charge in [-0.2, -0.15) is 0 Å². The van der Waals surface area contributed by atoms with E-state index in [1.165, 1.54) is 16.7 Å². The van der Waals surface area contributed by atoms with Crippen molar-refractivity contribution in [1.82, 2.24) is 0 Å². The summed E-state index contributed by atoms with van der Waals surface area (Å²) in [6, 6.07) is 16.8. The van der Waals surface area contributed by atoms with Crippen LogP contribution in [-0.2, 0) is 24.3 Å². The van der Waals surface area contributed by atoms with Gasteiger partial charge in [0.1, 0.15) is 0 Å².